The second kappa shape index (κ2) is 11.9. The van der Waals surface area contributed by atoms with Gasteiger partial charge in [0.15, 0.2) is 0 Å². The molecule has 0 saturated heterocycles. The molecule has 2 amide bonds. The number of nitrogens with zero attached hydrogens (tertiary/aromatic N) is 2. The SMILES string of the molecule is CC(c1ccc(Cl)cc1)N(CCCC(=O)O)CCCN(C(N)=O)c1ccc(Br)cc1. The summed E-state index contributed by atoms with van der Waals surface area (Å²) >= 11 is 9.39. The standard InChI is InChI=1S/C22H27BrClN3O3/c1-16(17-5-9-19(24)10-6-17)26(13-2-4-21(28)29)14-3-15-27(22(25)30)20-11-7-18(23)8-12-20/h5-12,16H,2-4,13-15H2,1H3,(H2,25,30)(H,28,29). The van der Waals surface area contributed by atoms with Gasteiger partial charge in [-0.15, -0.1) is 0 Å². The van der Waals surface area contributed by atoms with Crippen LogP contribution in [0.2, 0.25) is 5.02 Å². The van der Waals surface area contributed by atoms with E-state index in [4.69, 9.17) is 22.4 Å². The maximum atomic E-state index is 11.9. The van der Waals surface area contributed by atoms with Crippen molar-refractivity contribution in [1.29, 1.82) is 0 Å². The minimum Gasteiger partial charge on any atom is -0.481 e. The molecule has 162 valence electrons. The lowest BCUT2D eigenvalue weighted by molar-refractivity contribution is -0.137. The Hall–Kier alpha value is -2.09. The Morgan fingerprint density at radius 2 is 1.63 bits per heavy atom. The van der Waals surface area contributed by atoms with Crippen molar-refractivity contribution in [3.05, 3.63) is 63.6 Å². The second-order valence-corrected chi connectivity index (χ2v) is 8.43. The first kappa shape index (κ1) is 24.2. The number of anilines is 1. The molecule has 0 fully saturated rings. The third kappa shape index (κ3) is 7.63. The molecule has 1 atom stereocenters. The number of amides is 2. The van der Waals surface area contributed by atoms with Crippen LogP contribution < -0.4 is 10.6 Å². The molecule has 0 saturated carbocycles. The maximum Gasteiger partial charge on any atom is 0.319 e. The van der Waals surface area contributed by atoms with Gasteiger partial charge in [-0.3, -0.25) is 14.6 Å². The molecule has 0 aromatic heterocycles. The van der Waals surface area contributed by atoms with Crippen molar-refractivity contribution >= 4 is 45.2 Å². The zero-order valence-corrected chi connectivity index (χ0v) is 19.3. The summed E-state index contributed by atoms with van der Waals surface area (Å²) in [6.07, 6.45) is 1.37. The van der Waals surface area contributed by atoms with Gasteiger partial charge >= 0.3 is 12.0 Å². The number of carboxylic acid groups (broad SMARTS) is 1. The largest absolute Gasteiger partial charge is 0.481 e. The number of carboxylic acids is 1. The van der Waals surface area contributed by atoms with Crippen LogP contribution in [0, 0.1) is 0 Å². The normalized spacial score (nSPS) is 12.0. The predicted molar refractivity (Wildman–Crippen MR) is 124 cm³/mol. The summed E-state index contributed by atoms with van der Waals surface area (Å²) in [4.78, 5) is 26.6. The van der Waals surface area contributed by atoms with Gasteiger partial charge in [0, 0.05) is 40.7 Å². The van der Waals surface area contributed by atoms with Crippen LogP contribution in [0.15, 0.2) is 53.0 Å². The fourth-order valence-electron chi connectivity index (χ4n) is 3.30. The number of hydrogen-bond acceptors (Lipinski definition) is 3. The highest BCUT2D eigenvalue weighted by molar-refractivity contribution is 9.10. The summed E-state index contributed by atoms with van der Waals surface area (Å²) in [7, 11) is 0. The van der Waals surface area contributed by atoms with Gasteiger partial charge in [0.05, 0.1) is 0 Å². The summed E-state index contributed by atoms with van der Waals surface area (Å²) in [6, 6.07) is 14.7. The molecule has 6 nitrogen and oxygen atoms in total. The monoisotopic (exact) mass is 495 g/mol. The van der Waals surface area contributed by atoms with Crippen LogP contribution in [-0.4, -0.2) is 41.6 Å². The third-order valence-electron chi connectivity index (χ3n) is 4.97. The van der Waals surface area contributed by atoms with E-state index in [1.165, 1.54) is 0 Å². The van der Waals surface area contributed by atoms with Crippen LogP contribution in [0.4, 0.5) is 10.5 Å². The number of hydrogen-bond donors (Lipinski definition) is 2. The minimum atomic E-state index is -0.802. The second-order valence-electron chi connectivity index (χ2n) is 7.08. The first-order valence-electron chi connectivity index (χ1n) is 9.81. The lowest BCUT2D eigenvalue weighted by atomic mass is 10.1. The van der Waals surface area contributed by atoms with Gasteiger partial charge in [0.1, 0.15) is 0 Å². The van der Waals surface area contributed by atoms with Gasteiger partial charge in [0.2, 0.25) is 0 Å². The number of primary amides is 1. The Kier molecular flexibility index (Phi) is 9.62. The van der Waals surface area contributed by atoms with Gasteiger partial charge in [-0.1, -0.05) is 39.7 Å². The van der Waals surface area contributed by atoms with E-state index in [0.29, 0.717) is 37.5 Å². The molecule has 0 radical (unpaired) electrons. The quantitative estimate of drug-likeness (QED) is 0.441. The van der Waals surface area contributed by atoms with Crippen molar-refractivity contribution in [2.24, 2.45) is 5.73 Å². The van der Waals surface area contributed by atoms with Crippen molar-refractivity contribution in [2.75, 3.05) is 24.5 Å². The number of nitrogens with two attached hydrogens (primary N) is 1. The van der Waals surface area contributed by atoms with Crippen LogP contribution in [0.3, 0.4) is 0 Å². The number of urea groups is 1. The van der Waals surface area contributed by atoms with Crippen molar-refractivity contribution in [1.82, 2.24) is 4.90 Å². The van der Waals surface area contributed by atoms with E-state index in [1.807, 2.05) is 48.5 Å². The highest BCUT2D eigenvalue weighted by atomic mass is 79.9. The first-order chi connectivity index (χ1) is 14.3. The Labute approximate surface area is 190 Å². The number of carbonyl (C=O) groups is 2. The highest BCUT2D eigenvalue weighted by Crippen LogP contribution is 2.23. The van der Waals surface area contributed by atoms with Gasteiger partial charge in [-0.25, -0.2) is 4.79 Å². The molecular formula is C22H27BrClN3O3. The predicted octanol–water partition coefficient (Wildman–Crippen LogP) is 5.31. The van der Waals surface area contributed by atoms with Crippen LogP contribution in [0.5, 0.6) is 0 Å². The van der Waals surface area contributed by atoms with Crippen molar-refractivity contribution < 1.29 is 14.7 Å². The molecule has 0 aliphatic rings. The fourth-order valence-corrected chi connectivity index (χ4v) is 3.69. The Balaban J connectivity index is 2.04. The summed E-state index contributed by atoms with van der Waals surface area (Å²) in [5.41, 5.74) is 7.44. The summed E-state index contributed by atoms with van der Waals surface area (Å²) in [6.45, 7) is 3.90. The van der Waals surface area contributed by atoms with Crippen LogP contribution in [0.1, 0.15) is 37.8 Å². The Bertz CT molecular complexity index is 831. The van der Waals surface area contributed by atoms with Gasteiger partial charge < -0.3 is 10.8 Å². The van der Waals surface area contributed by atoms with Gasteiger partial charge in [-0.05, 0) is 68.3 Å². The van der Waals surface area contributed by atoms with Crippen LogP contribution in [-0.2, 0) is 4.79 Å². The number of aliphatic carboxylic acids is 1. The minimum absolute atomic E-state index is 0.0887. The molecule has 3 N–H and O–H groups in total. The van der Waals surface area contributed by atoms with Gasteiger partial charge in [-0.2, -0.15) is 0 Å². The number of benzene rings is 2. The molecule has 0 aliphatic heterocycles. The van der Waals surface area contributed by atoms with E-state index < -0.39 is 12.0 Å². The molecule has 8 heteroatoms. The molecule has 30 heavy (non-hydrogen) atoms. The smallest absolute Gasteiger partial charge is 0.319 e. The third-order valence-corrected chi connectivity index (χ3v) is 5.75. The van der Waals surface area contributed by atoms with Crippen LogP contribution in [0.25, 0.3) is 0 Å². The lowest BCUT2D eigenvalue weighted by Crippen LogP contribution is -2.38. The van der Waals surface area contributed by atoms with Crippen LogP contribution >= 0.6 is 27.5 Å². The summed E-state index contributed by atoms with van der Waals surface area (Å²) in [5.74, 6) is -0.802. The number of rotatable bonds is 11. The molecule has 0 aliphatic carbocycles. The number of carbonyl (C=O) groups excluding carboxylic acids is 1. The lowest BCUT2D eigenvalue weighted by Gasteiger charge is -2.30. The molecular weight excluding hydrogens is 470 g/mol. The number of halogens is 2. The Morgan fingerprint density at radius 1 is 1.03 bits per heavy atom. The van der Waals surface area contributed by atoms with Gasteiger partial charge in [0.25, 0.3) is 0 Å². The maximum absolute atomic E-state index is 11.9. The van der Waals surface area contributed by atoms with Crippen molar-refractivity contribution in [3.63, 3.8) is 0 Å². The molecule has 2 aromatic rings. The van der Waals surface area contributed by atoms with E-state index in [1.54, 1.807) is 4.90 Å². The van der Waals surface area contributed by atoms with Crippen molar-refractivity contribution in [2.45, 2.75) is 32.2 Å². The molecule has 2 aromatic carbocycles. The first-order valence-corrected chi connectivity index (χ1v) is 11.0. The average molecular weight is 497 g/mol. The molecule has 0 bridgehead atoms. The van der Waals surface area contributed by atoms with E-state index >= 15 is 0 Å². The van der Waals surface area contributed by atoms with E-state index in [0.717, 1.165) is 15.7 Å². The van der Waals surface area contributed by atoms with E-state index in [9.17, 15) is 9.59 Å². The molecule has 1 unspecified atom stereocenters. The average Bonchev–Trinajstić information content (AvgIpc) is 2.70. The topological polar surface area (TPSA) is 86.9 Å². The fraction of sp³-hybridized carbons (Fsp3) is 0.364. The summed E-state index contributed by atoms with van der Waals surface area (Å²) < 4.78 is 0.928. The van der Waals surface area contributed by atoms with Crippen molar-refractivity contribution in [3.8, 4) is 0 Å². The van der Waals surface area contributed by atoms with E-state index in [2.05, 4.69) is 27.8 Å². The zero-order valence-electron chi connectivity index (χ0n) is 16.9. The summed E-state index contributed by atoms with van der Waals surface area (Å²) in [5, 5.41) is 9.65. The Morgan fingerprint density at radius 3 is 2.20 bits per heavy atom. The molecule has 2 rings (SSSR count). The molecule has 0 heterocycles. The van der Waals surface area contributed by atoms with E-state index in [-0.39, 0.29) is 12.5 Å². The molecule has 0 spiro atoms. The highest BCUT2D eigenvalue weighted by Gasteiger charge is 2.18. The zero-order chi connectivity index (χ0) is 22.1.